The Bertz CT molecular complexity index is 1350. The number of benzene rings is 1. The molecule has 1 saturated carbocycles. The maximum atomic E-state index is 13.7. The van der Waals surface area contributed by atoms with Crippen molar-refractivity contribution in [2.24, 2.45) is 5.92 Å². The molecule has 0 spiro atoms. The minimum atomic E-state index is -0.765. The molecule has 1 fully saturated rings. The highest BCUT2D eigenvalue weighted by Crippen LogP contribution is 2.45. The number of aliphatic hydroxyl groups excluding tert-OH is 1. The van der Waals surface area contributed by atoms with Crippen LogP contribution in [0.1, 0.15) is 107 Å². The molecular formula is C35H48N4O4. The van der Waals surface area contributed by atoms with Gasteiger partial charge in [0, 0.05) is 23.9 Å². The van der Waals surface area contributed by atoms with Gasteiger partial charge in [-0.2, -0.15) is 0 Å². The van der Waals surface area contributed by atoms with Gasteiger partial charge in [-0.05, 0) is 72.9 Å². The normalized spacial score (nSPS) is 22.3. The van der Waals surface area contributed by atoms with E-state index in [1.54, 1.807) is 18.3 Å². The van der Waals surface area contributed by atoms with Gasteiger partial charge in [-0.3, -0.25) is 9.78 Å². The maximum absolute atomic E-state index is 13.7. The highest BCUT2D eigenvalue weighted by atomic mass is 16.5. The van der Waals surface area contributed by atoms with E-state index in [1.807, 2.05) is 12.3 Å². The maximum Gasteiger partial charge on any atom is 0.251 e. The molecule has 3 N–H and O–H groups in total. The SMILES string of the molecule is C[C@@H]1CCCCCCCOc2cc(cc(-c3ncco3)c2)C(=O)N[C@H]([C@H](O)CNC2(c3cc(C(C)(C)C)ccn3)CC2)C1. The van der Waals surface area contributed by atoms with Crippen molar-refractivity contribution in [1.29, 1.82) is 0 Å². The Hall–Kier alpha value is -3.23. The Morgan fingerprint density at radius 3 is 2.56 bits per heavy atom. The van der Waals surface area contributed by atoms with Gasteiger partial charge in [-0.1, -0.05) is 59.8 Å². The fourth-order valence-electron chi connectivity index (χ4n) is 5.98. The number of nitrogens with zero attached hydrogens (tertiary/aromatic N) is 2. The van der Waals surface area contributed by atoms with Crippen molar-refractivity contribution in [3.63, 3.8) is 0 Å². The molecule has 2 aliphatic rings. The Kier molecular flexibility index (Phi) is 9.87. The molecule has 1 aliphatic heterocycles. The van der Waals surface area contributed by atoms with Crippen molar-refractivity contribution >= 4 is 5.91 Å². The number of hydrogen-bond donors (Lipinski definition) is 3. The number of rotatable bonds is 6. The van der Waals surface area contributed by atoms with Crippen LogP contribution >= 0.6 is 0 Å². The molecule has 8 nitrogen and oxygen atoms in total. The molecule has 1 amide bonds. The number of hydrogen-bond acceptors (Lipinski definition) is 7. The van der Waals surface area contributed by atoms with Crippen molar-refractivity contribution in [2.45, 2.75) is 109 Å². The molecule has 2 aromatic heterocycles. The van der Waals surface area contributed by atoms with Crippen LogP contribution in [0.2, 0.25) is 0 Å². The molecule has 1 aromatic carbocycles. The van der Waals surface area contributed by atoms with E-state index in [2.05, 4.69) is 55.4 Å². The van der Waals surface area contributed by atoms with Crippen LogP contribution in [0.15, 0.2) is 53.4 Å². The summed E-state index contributed by atoms with van der Waals surface area (Å²) in [4.78, 5) is 22.7. The van der Waals surface area contributed by atoms with Crippen molar-refractivity contribution in [1.82, 2.24) is 20.6 Å². The second kappa shape index (κ2) is 13.6. The van der Waals surface area contributed by atoms with Crippen LogP contribution in [-0.4, -0.2) is 46.3 Å². The zero-order valence-electron chi connectivity index (χ0n) is 26.2. The summed E-state index contributed by atoms with van der Waals surface area (Å²) in [6.07, 6.45) is 13.5. The number of ether oxygens (including phenoxy) is 1. The second-order valence-corrected chi connectivity index (χ2v) is 13.6. The minimum Gasteiger partial charge on any atom is -0.494 e. The van der Waals surface area contributed by atoms with Crippen LogP contribution < -0.4 is 15.4 Å². The highest BCUT2D eigenvalue weighted by Gasteiger charge is 2.46. The van der Waals surface area contributed by atoms with E-state index in [-0.39, 0.29) is 16.9 Å². The quantitative estimate of drug-likeness (QED) is 0.300. The monoisotopic (exact) mass is 588 g/mol. The number of oxazole rings is 1. The number of aliphatic hydroxyl groups is 1. The van der Waals surface area contributed by atoms with Crippen molar-refractivity contribution in [3.8, 4) is 17.2 Å². The third-order valence-corrected chi connectivity index (χ3v) is 8.91. The predicted octanol–water partition coefficient (Wildman–Crippen LogP) is 6.53. The van der Waals surface area contributed by atoms with E-state index < -0.39 is 12.1 Å². The van der Waals surface area contributed by atoms with E-state index in [9.17, 15) is 9.90 Å². The van der Waals surface area contributed by atoms with Gasteiger partial charge in [0.2, 0.25) is 5.89 Å². The number of carbonyl (C=O) groups is 1. The number of carbonyl (C=O) groups excluding carboxylic acids is 1. The molecule has 3 heterocycles. The first-order chi connectivity index (χ1) is 20.6. The van der Waals surface area contributed by atoms with E-state index in [1.165, 1.54) is 24.7 Å². The molecule has 0 unspecified atom stereocenters. The summed E-state index contributed by atoms with van der Waals surface area (Å²) >= 11 is 0. The third-order valence-electron chi connectivity index (χ3n) is 8.91. The molecule has 3 aromatic rings. The van der Waals surface area contributed by atoms with Gasteiger partial charge in [-0.25, -0.2) is 4.98 Å². The largest absolute Gasteiger partial charge is 0.494 e. The van der Waals surface area contributed by atoms with Gasteiger partial charge < -0.3 is 24.9 Å². The lowest BCUT2D eigenvalue weighted by atomic mass is 9.86. The molecule has 8 heteroatoms. The van der Waals surface area contributed by atoms with Crippen LogP contribution in [0, 0.1) is 5.92 Å². The van der Waals surface area contributed by atoms with E-state index >= 15 is 0 Å². The van der Waals surface area contributed by atoms with Crippen molar-refractivity contribution in [2.75, 3.05) is 13.2 Å². The Labute approximate surface area is 256 Å². The topological polar surface area (TPSA) is 110 Å². The Morgan fingerprint density at radius 1 is 1.05 bits per heavy atom. The van der Waals surface area contributed by atoms with Crippen molar-refractivity contribution in [3.05, 3.63) is 65.8 Å². The lowest BCUT2D eigenvalue weighted by Gasteiger charge is -2.29. The first-order valence-electron chi connectivity index (χ1n) is 16.0. The van der Waals surface area contributed by atoms with Crippen LogP contribution in [0.5, 0.6) is 5.75 Å². The van der Waals surface area contributed by atoms with Gasteiger partial charge in [0.1, 0.15) is 12.0 Å². The van der Waals surface area contributed by atoms with Crippen LogP contribution in [0.4, 0.5) is 0 Å². The van der Waals surface area contributed by atoms with Crippen LogP contribution in [-0.2, 0) is 11.0 Å². The molecule has 5 rings (SSSR count). The summed E-state index contributed by atoms with van der Waals surface area (Å²) in [6, 6.07) is 9.27. The summed E-state index contributed by atoms with van der Waals surface area (Å²) in [6.45, 7) is 9.80. The van der Waals surface area contributed by atoms with Crippen LogP contribution in [0.3, 0.4) is 0 Å². The lowest BCUT2D eigenvalue weighted by Crippen LogP contribution is -2.49. The van der Waals surface area contributed by atoms with Gasteiger partial charge in [0.25, 0.3) is 5.91 Å². The molecule has 0 radical (unpaired) electrons. The van der Waals surface area contributed by atoms with Gasteiger partial charge in [0.15, 0.2) is 0 Å². The van der Waals surface area contributed by atoms with Crippen LogP contribution in [0.25, 0.3) is 11.5 Å². The van der Waals surface area contributed by atoms with Gasteiger partial charge in [-0.15, -0.1) is 0 Å². The summed E-state index contributed by atoms with van der Waals surface area (Å²) in [5.41, 5.74) is 3.22. The summed E-state index contributed by atoms with van der Waals surface area (Å²) in [5, 5.41) is 18.4. The fraction of sp³-hybridized carbons (Fsp3) is 0.571. The molecule has 2 bridgehead atoms. The fourth-order valence-corrected chi connectivity index (χ4v) is 5.98. The number of pyridine rings is 1. The zero-order valence-corrected chi connectivity index (χ0v) is 26.2. The molecule has 43 heavy (non-hydrogen) atoms. The third kappa shape index (κ3) is 8.24. The van der Waals surface area contributed by atoms with E-state index in [0.29, 0.717) is 48.3 Å². The Balaban J connectivity index is 1.35. The summed E-state index contributed by atoms with van der Waals surface area (Å²) in [7, 11) is 0. The molecule has 232 valence electrons. The van der Waals surface area contributed by atoms with Gasteiger partial charge >= 0.3 is 0 Å². The molecule has 1 aliphatic carbocycles. The predicted molar refractivity (Wildman–Crippen MR) is 168 cm³/mol. The zero-order chi connectivity index (χ0) is 30.5. The number of amides is 1. The summed E-state index contributed by atoms with van der Waals surface area (Å²) in [5.74, 6) is 1.16. The number of fused-ring (bicyclic) bond motifs is 2. The van der Waals surface area contributed by atoms with E-state index in [4.69, 9.17) is 14.1 Å². The average molecular weight is 589 g/mol. The average Bonchev–Trinajstić information content (AvgIpc) is 3.58. The van der Waals surface area contributed by atoms with Gasteiger partial charge in [0.05, 0.1) is 36.2 Å². The van der Waals surface area contributed by atoms with Crippen molar-refractivity contribution < 1.29 is 19.1 Å². The lowest BCUT2D eigenvalue weighted by molar-refractivity contribution is 0.0781. The standard InChI is InChI=1S/C35H48N4O4/c1-24-10-8-6-5-7-9-16-42-28-20-25(19-26(21-28)33-37-15-17-43-33)32(41)39-29(18-24)30(40)23-38-35(12-13-35)31-22-27(11-14-36-31)34(2,3)4/h11,14-15,17,19-22,24,29-30,38,40H,5-10,12-13,16,18,23H2,1-4H3,(H,39,41)/t24-,29+,30-/m1/s1. The van der Waals surface area contributed by atoms with E-state index in [0.717, 1.165) is 44.2 Å². The molecule has 0 saturated heterocycles. The first-order valence-corrected chi connectivity index (χ1v) is 16.0. The first kappa shape index (κ1) is 31.2. The summed E-state index contributed by atoms with van der Waals surface area (Å²) < 4.78 is 11.6. The number of aromatic nitrogens is 2. The molecule has 3 atom stereocenters. The minimum absolute atomic E-state index is 0.0344. The number of nitrogens with one attached hydrogen (secondary N) is 2. The highest BCUT2D eigenvalue weighted by molar-refractivity contribution is 5.96. The smallest absolute Gasteiger partial charge is 0.251 e. The Morgan fingerprint density at radius 2 is 1.81 bits per heavy atom. The second-order valence-electron chi connectivity index (χ2n) is 13.6. The molecular weight excluding hydrogens is 540 g/mol.